The highest BCUT2D eigenvalue weighted by atomic mass is 15.2. The molecule has 0 fully saturated rings. The highest BCUT2D eigenvalue weighted by Gasteiger charge is 2.11. The van der Waals surface area contributed by atoms with Gasteiger partial charge in [0.15, 0.2) is 0 Å². The summed E-state index contributed by atoms with van der Waals surface area (Å²) >= 11 is 0. The summed E-state index contributed by atoms with van der Waals surface area (Å²) in [6.07, 6.45) is 15.3. The normalized spacial score (nSPS) is 12.6. The lowest BCUT2D eigenvalue weighted by Crippen LogP contribution is -2.29. The third-order valence-corrected chi connectivity index (χ3v) is 3.66. The van der Waals surface area contributed by atoms with Crippen LogP contribution in [0.5, 0.6) is 0 Å². The molecular formula is C16H30N4. The number of aromatic nitrogens is 2. The van der Waals surface area contributed by atoms with Crippen LogP contribution in [0.15, 0.2) is 12.4 Å². The van der Waals surface area contributed by atoms with Gasteiger partial charge in [0, 0.05) is 12.4 Å². The first-order valence-electron chi connectivity index (χ1n) is 8.02. The maximum Gasteiger partial charge on any atom is 0.146 e. The molecule has 0 aromatic carbocycles. The van der Waals surface area contributed by atoms with Gasteiger partial charge in [-0.25, -0.2) is 15.4 Å². The predicted molar refractivity (Wildman–Crippen MR) is 84.1 cm³/mol. The summed E-state index contributed by atoms with van der Waals surface area (Å²) in [6, 6.07) is 0.0793. The molecule has 0 bridgehead atoms. The molecule has 3 N–H and O–H groups in total. The van der Waals surface area contributed by atoms with E-state index in [-0.39, 0.29) is 6.04 Å². The fraction of sp³-hybridized carbons (Fsp3) is 0.750. The topological polar surface area (TPSA) is 63.8 Å². The minimum atomic E-state index is 0.0793. The van der Waals surface area contributed by atoms with E-state index >= 15 is 0 Å². The second-order valence-electron chi connectivity index (χ2n) is 5.60. The van der Waals surface area contributed by atoms with Crippen molar-refractivity contribution in [2.45, 2.75) is 77.7 Å². The maximum atomic E-state index is 5.61. The third-order valence-electron chi connectivity index (χ3n) is 3.66. The maximum absolute atomic E-state index is 5.61. The van der Waals surface area contributed by atoms with Crippen molar-refractivity contribution in [3.05, 3.63) is 23.8 Å². The Labute approximate surface area is 123 Å². The molecule has 1 unspecified atom stereocenters. The van der Waals surface area contributed by atoms with Crippen LogP contribution in [0.4, 0.5) is 0 Å². The minimum Gasteiger partial charge on any atom is -0.271 e. The molecule has 0 spiro atoms. The van der Waals surface area contributed by atoms with E-state index in [2.05, 4.69) is 22.3 Å². The molecule has 20 heavy (non-hydrogen) atoms. The summed E-state index contributed by atoms with van der Waals surface area (Å²) in [5, 5.41) is 0. The number of aryl methyl sites for hydroxylation is 1. The Morgan fingerprint density at radius 2 is 1.55 bits per heavy atom. The molecule has 1 aromatic rings. The molecule has 0 amide bonds. The van der Waals surface area contributed by atoms with Crippen LogP contribution in [-0.4, -0.2) is 9.97 Å². The first kappa shape index (κ1) is 17.1. The van der Waals surface area contributed by atoms with Crippen LogP contribution in [-0.2, 0) is 0 Å². The van der Waals surface area contributed by atoms with Gasteiger partial charge in [-0.05, 0) is 18.9 Å². The number of hydrazine groups is 1. The quantitative estimate of drug-likeness (QED) is 0.367. The van der Waals surface area contributed by atoms with Gasteiger partial charge in [-0.2, -0.15) is 0 Å². The van der Waals surface area contributed by atoms with E-state index in [1.54, 1.807) is 0 Å². The molecule has 1 rings (SSSR count). The lowest BCUT2D eigenvalue weighted by molar-refractivity contribution is 0.457. The molecule has 0 saturated carbocycles. The van der Waals surface area contributed by atoms with Crippen LogP contribution in [0.2, 0.25) is 0 Å². The summed E-state index contributed by atoms with van der Waals surface area (Å²) in [4.78, 5) is 8.69. The molecule has 4 heteroatoms. The molecule has 0 radical (unpaired) electrons. The molecule has 1 heterocycles. The zero-order chi connectivity index (χ0) is 14.6. The molecule has 0 saturated heterocycles. The summed E-state index contributed by atoms with van der Waals surface area (Å²) in [7, 11) is 0. The fourth-order valence-corrected chi connectivity index (χ4v) is 2.35. The summed E-state index contributed by atoms with van der Waals surface area (Å²) in [5.74, 6) is 6.42. The van der Waals surface area contributed by atoms with Crippen molar-refractivity contribution in [2.24, 2.45) is 5.84 Å². The molecule has 0 aliphatic carbocycles. The van der Waals surface area contributed by atoms with Gasteiger partial charge in [0.25, 0.3) is 0 Å². The Balaban J connectivity index is 2.14. The highest BCUT2D eigenvalue weighted by Crippen LogP contribution is 2.17. The van der Waals surface area contributed by atoms with Crippen LogP contribution in [0, 0.1) is 6.92 Å². The zero-order valence-electron chi connectivity index (χ0n) is 13.1. The van der Waals surface area contributed by atoms with Gasteiger partial charge in [0.05, 0.1) is 6.04 Å². The molecule has 0 aliphatic heterocycles. The smallest absolute Gasteiger partial charge is 0.146 e. The lowest BCUT2D eigenvalue weighted by Gasteiger charge is -2.14. The molecule has 114 valence electrons. The lowest BCUT2D eigenvalue weighted by atomic mass is 10.0. The van der Waals surface area contributed by atoms with Crippen LogP contribution < -0.4 is 11.3 Å². The standard InChI is InChI=1S/C16H30N4/c1-3-4-5-6-7-8-9-10-11-15(20-17)16-18-12-14(2)13-19-16/h12-13,15,20H,3-11,17H2,1-2H3. The minimum absolute atomic E-state index is 0.0793. The van der Waals surface area contributed by atoms with Crippen molar-refractivity contribution in [2.75, 3.05) is 0 Å². The molecule has 0 aliphatic rings. The Morgan fingerprint density at radius 3 is 2.10 bits per heavy atom. The third kappa shape index (κ3) is 6.96. The number of rotatable bonds is 11. The monoisotopic (exact) mass is 278 g/mol. The average Bonchev–Trinajstić information content (AvgIpc) is 2.47. The van der Waals surface area contributed by atoms with Gasteiger partial charge in [0.2, 0.25) is 0 Å². The van der Waals surface area contributed by atoms with Crippen molar-refractivity contribution in [3.8, 4) is 0 Å². The van der Waals surface area contributed by atoms with Crippen molar-refractivity contribution in [3.63, 3.8) is 0 Å². The summed E-state index contributed by atoms with van der Waals surface area (Å²) in [6.45, 7) is 4.25. The van der Waals surface area contributed by atoms with E-state index < -0.39 is 0 Å². The zero-order valence-corrected chi connectivity index (χ0v) is 13.1. The average molecular weight is 278 g/mol. The van der Waals surface area contributed by atoms with Crippen molar-refractivity contribution >= 4 is 0 Å². The molecule has 1 atom stereocenters. The van der Waals surface area contributed by atoms with Gasteiger partial charge in [-0.3, -0.25) is 5.84 Å². The number of nitrogens with zero attached hydrogens (tertiary/aromatic N) is 2. The van der Waals surface area contributed by atoms with Crippen LogP contribution >= 0.6 is 0 Å². The number of unbranched alkanes of at least 4 members (excludes halogenated alkanes) is 7. The van der Waals surface area contributed by atoms with Gasteiger partial charge in [-0.15, -0.1) is 0 Å². The SMILES string of the molecule is CCCCCCCCCCC(NN)c1ncc(C)cn1. The summed E-state index contributed by atoms with van der Waals surface area (Å²) in [5.41, 5.74) is 3.91. The Bertz CT molecular complexity index is 337. The van der Waals surface area contributed by atoms with E-state index in [9.17, 15) is 0 Å². The second-order valence-corrected chi connectivity index (χ2v) is 5.60. The van der Waals surface area contributed by atoms with Crippen LogP contribution in [0.25, 0.3) is 0 Å². The van der Waals surface area contributed by atoms with Gasteiger partial charge >= 0.3 is 0 Å². The van der Waals surface area contributed by atoms with E-state index in [1.807, 2.05) is 19.3 Å². The molecule has 1 aromatic heterocycles. The summed E-state index contributed by atoms with van der Waals surface area (Å²) < 4.78 is 0. The first-order valence-corrected chi connectivity index (χ1v) is 8.02. The van der Waals surface area contributed by atoms with Gasteiger partial charge in [0.1, 0.15) is 5.82 Å². The number of nitrogens with two attached hydrogens (primary N) is 1. The fourth-order valence-electron chi connectivity index (χ4n) is 2.35. The Hall–Kier alpha value is -1.00. The first-order chi connectivity index (χ1) is 9.77. The van der Waals surface area contributed by atoms with Crippen LogP contribution in [0.3, 0.4) is 0 Å². The number of hydrogen-bond acceptors (Lipinski definition) is 4. The van der Waals surface area contributed by atoms with Gasteiger partial charge in [-0.1, -0.05) is 58.3 Å². The van der Waals surface area contributed by atoms with E-state index in [0.717, 1.165) is 17.8 Å². The highest BCUT2D eigenvalue weighted by molar-refractivity contribution is 5.04. The second kappa shape index (κ2) is 10.7. The largest absolute Gasteiger partial charge is 0.271 e. The predicted octanol–water partition coefficient (Wildman–Crippen LogP) is 3.82. The van der Waals surface area contributed by atoms with Crippen molar-refractivity contribution in [1.29, 1.82) is 0 Å². The van der Waals surface area contributed by atoms with Crippen LogP contribution in [0.1, 0.15) is 82.1 Å². The van der Waals surface area contributed by atoms with Crippen molar-refractivity contribution in [1.82, 2.24) is 15.4 Å². The number of nitrogens with one attached hydrogen (secondary N) is 1. The Morgan fingerprint density at radius 1 is 1.00 bits per heavy atom. The van der Waals surface area contributed by atoms with Gasteiger partial charge < -0.3 is 0 Å². The van der Waals surface area contributed by atoms with E-state index in [0.29, 0.717) is 0 Å². The molecular weight excluding hydrogens is 248 g/mol. The van der Waals surface area contributed by atoms with E-state index in [1.165, 1.54) is 51.4 Å². The molecule has 4 nitrogen and oxygen atoms in total. The van der Waals surface area contributed by atoms with Crippen molar-refractivity contribution < 1.29 is 0 Å². The number of hydrogen-bond donors (Lipinski definition) is 2. The Kier molecular flexibility index (Phi) is 9.16. The van der Waals surface area contributed by atoms with E-state index in [4.69, 9.17) is 5.84 Å².